The Balaban J connectivity index is 2.11. The first-order valence-corrected chi connectivity index (χ1v) is 4.97. The number of carbonyl (C=O) groups excluding carboxylic acids is 1. The van der Waals surface area contributed by atoms with E-state index in [2.05, 4.69) is 10.2 Å². The Morgan fingerprint density at radius 1 is 1.71 bits per heavy atom. The molecule has 0 radical (unpaired) electrons. The van der Waals surface area contributed by atoms with Gasteiger partial charge in [-0.2, -0.15) is 0 Å². The van der Waals surface area contributed by atoms with Gasteiger partial charge in [0.05, 0.1) is 12.7 Å². The largest absolute Gasteiger partial charge is 0.374 e. The average molecular weight is 201 g/mol. The molecule has 82 valence electrons. The molecule has 1 fully saturated rings. The number of hydrogen-bond acceptors (Lipinski definition) is 4. The second kappa shape index (κ2) is 5.95. The van der Waals surface area contributed by atoms with Crippen LogP contribution in [0.3, 0.4) is 0 Å². The first-order chi connectivity index (χ1) is 6.68. The van der Waals surface area contributed by atoms with E-state index in [1.807, 2.05) is 7.05 Å². The monoisotopic (exact) mass is 201 g/mol. The van der Waals surface area contributed by atoms with Crippen LogP contribution in [0.4, 0.5) is 0 Å². The van der Waals surface area contributed by atoms with Crippen LogP contribution in [0.2, 0.25) is 0 Å². The van der Waals surface area contributed by atoms with E-state index in [0.29, 0.717) is 13.0 Å². The third kappa shape index (κ3) is 4.55. The van der Waals surface area contributed by atoms with Gasteiger partial charge >= 0.3 is 0 Å². The molecule has 1 amide bonds. The van der Waals surface area contributed by atoms with Gasteiger partial charge in [0.25, 0.3) is 0 Å². The van der Waals surface area contributed by atoms with Crippen LogP contribution in [-0.2, 0) is 9.53 Å². The molecule has 3 N–H and O–H groups in total. The predicted octanol–water partition coefficient (Wildman–Crippen LogP) is -1.22. The van der Waals surface area contributed by atoms with Crippen LogP contribution in [0.5, 0.6) is 0 Å². The Labute approximate surface area is 84.6 Å². The molecule has 1 unspecified atom stereocenters. The summed E-state index contributed by atoms with van der Waals surface area (Å²) in [6.07, 6.45) is 0.651. The van der Waals surface area contributed by atoms with E-state index < -0.39 is 0 Å². The Morgan fingerprint density at radius 3 is 3.07 bits per heavy atom. The molecule has 1 rings (SSSR count). The molecule has 1 heterocycles. The summed E-state index contributed by atoms with van der Waals surface area (Å²) in [7, 11) is 1.97. The number of nitrogens with one attached hydrogen (secondary N) is 1. The minimum Gasteiger partial charge on any atom is -0.374 e. The average Bonchev–Trinajstić information content (AvgIpc) is 2.16. The molecule has 0 aliphatic carbocycles. The van der Waals surface area contributed by atoms with Crippen molar-refractivity contribution in [1.82, 2.24) is 10.2 Å². The van der Waals surface area contributed by atoms with Gasteiger partial charge in [0.1, 0.15) is 0 Å². The van der Waals surface area contributed by atoms with Gasteiger partial charge in [-0.15, -0.1) is 0 Å². The van der Waals surface area contributed by atoms with Gasteiger partial charge in [-0.3, -0.25) is 4.79 Å². The van der Waals surface area contributed by atoms with Gasteiger partial charge in [-0.05, 0) is 7.05 Å². The highest BCUT2D eigenvalue weighted by atomic mass is 16.5. The molecule has 0 aromatic rings. The molecule has 5 heteroatoms. The fourth-order valence-electron chi connectivity index (χ4n) is 1.48. The molecule has 0 aromatic carbocycles. The summed E-state index contributed by atoms with van der Waals surface area (Å²) in [5.41, 5.74) is 5.06. The lowest BCUT2D eigenvalue weighted by atomic mass is 10.3. The van der Waals surface area contributed by atoms with E-state index in [-0.39, 0.29) is 12.0 Å². The molecule has 1 aliphatic heterocycles. The van der Waals surface area contributed by atoms with E-state index in [4.69, 9.17) is 10.5 Å². The molecule has 0 saturated carbocycles. The zero-order valence-corrected chi connectivity index (χ0v) is 8.66. The molecule has 0 aromatic heterocycles. The first-order valence-electron chi connectivity index (χ1n) is 4.97. The third-order valence-electron chi connectivity index (χ3n) is 2.26. The summed E-state index contributed by atoms with van der Waals surface area (Å²) < 4.78 is 5.54. The quantitative estimate of drug-likeness (QED) is 0.585. The summed E-state index contributed by atoms with van der Waals surface area (Å²) >= 11 is 0. The minimum atomic E-state index is -0.250. The second-order valence-electron chi connectivity index (χ2n) is 3.68. The number of likely N-dealkylation sites (N-methyl/N-ethyl adjacent to an activating group) is 1. The van der Waals surface area contributed by atoms with Crippen LogP contribution in [0, 0.1) is 0 Å². The van der Waals surface area contributed by atoms with Crippen LogP contribution in [-0.4, -0.2) is 56.7 Å². The Kier molecular flexibility index (Phi) is 4.86. The van der Waals surface area contributed by atoms with Crippen LogP contribution in [0.15, 0.2) is 0 Å². The number of nitrogens with zero attached hydrogens (tertiary/aromatic N) is 1. The number of morpholine rings is 1. The molecule has 0 spiro atoms. The highest BCUT2D eigenvalue weighted by molar-refractivity contribution is 5.73. The molecular weight excluding hydrogens is 182 g/mol. The highest BCUT2D eigenvalue weighted by Crippen LogP contribution is 1.98. The summed E-state index contributed by atoms with van der Waals surface area (Å²) in [6, 6.07) is 0. The minimum absolute atomic E-state index is 0.238. The Bertz CT molecular complexity index is 181. The van der Waals surface area contributed by atoms with Crippen LogP contribution in [0.25, 0.3) is 0 Å². The Morgan fingerprint density at radius 2 is 2.50 bits per heavy atom. The van der Waals surface area contributed by atoms with Crippen molar-refractivity contribution < 1.29 is 9.53 Å². The summed E-state index contributed by atoms with van der Waals surface area (Å²) in [5, 5.41) is 3.26. The van der Waals surface area contributed by atoms with Crippen LogP contribution in [0.1, 0.15) is 6.42 Å². The normalized spacial score (nSPS) is 22.6. The number of carbonyl (C=O) groups is 1. The number of ether oxygens (including phenoxy) is 1. The number of primary amides is 1. The maximum atomic E-state index is 10.5. The number of amides is 1. The first kappa shape index (κ1) is 11.4. The van der Waals surface area contributed by atoms with Crippen molar-refractivity contribution >= 4 is 5.91 Å². The van der Waals surface area contributed by atoms with Gasteiger partial charge in [0.15, 0.2) is 0 Å². The summed E-state index contributed by atoms with van der Waals surface area (Å²) in [6.45, 7) is 4.15. The lowest BCUT2D eigenvalue weighted by molar-refractivity contribution is -0.118. The summed E-state index contributed by atoms with van der Waals surface area (Å²) in [4.78, 5) is 12.6. The number of hydrogen-bond donors (Lipinski definition) is 2. The maximum Gasteiger partial charge on any atom is 0.218 e. The lowest BCUT2D eigenvalue weighted by Gasteiger charge is -2.27. The van der Waals surface area contributed by atoms with Gasteiger partial charge in [0.2, 0.25) is 5.91 Å². The molecule has 1 atom stereocenters. The van der Waals surface area contributed by atoms with E-state index in [0.717, 1.165) is 26.2 Å². The van der Waals surface area contributed by atoms with E-state index in [1.54, 1.807) is 0 Å². The molecule has 1 aliphatic rings. The van der Waals surface area contributed by atoms with Crippen molar-refractivity contribution in [2.24, 2.45) is 5.73 Å². The van der Waals surface area contributed by atoms with Crippen molar-refractivity contribution in [2.75, 3.05) is 39.8 Å². The molecule has 14 heavy (non-hydrogen) atoms. The topological polar surface area (TPSA) is 67.6 Å². The van der Waals surface area contributed by atoms with Crippen LogP contribution >= 0.6 is 0 Å². The van der Waals surface area contributed by atoms with Gasteiger partial charge in [-0.1, -0.05) is 0 Å². The zero-order chi connectivity index (χ0) is 10.4. The van der Waals surface area contributed by atoms with Crippen molar-refractivity contribution in [3.05, 3.63) is 0 Å². The fourth-order valence-corrected chi connectivity index (χ4v) is 1.48. The molecule has 1 saturated heterocycles. The van der Waals surface area contributed by atoms with Crippen LogP contribution < -0.4 is 11.1 Å². The van der Waals surface area contributed by atoms with Crippen molar-refractivity contribution in [3.63, 3.8) is 0 Å². The maximum absolute atomic E-state index is 10.5. The number of nitrogens with two attached hydrogens (primary N) is 1. The molecular formula is C9H19N3O2. The predicted molar refractivity (Wildman–Crippen MR) is 53.9 cm³/mol. The smallest absolute Gasteiger partial charge is 0.218 e. The standard InChI is InChI=1S/C9H19N3O2/c1-12(4-2-9(10)13)7-8-6-11-3-5-14-8/h8,11H,2-7H2,1H3,(H2,10,13). The van der Waals surface area contributed by atoms with Gasteiger partial charge < -0.3 is 20.7 Å². The Hall–Kier alpha value is -0.650. The highest BCUT2D eigenvalue weighted by Gasteiger charge is 2.15. The lowest BCUT2D eigenvalue weighted by Crippen LogP contribution is -2.44. The van der Waals surface area contributed by atoms with Crippen molar-refractivity contribution in [3.8, 4) is 0 Å². The van der Waals surface area contributed by atoms with Gasteiger partial charge in [0, 0.05) is 32.6 Å². The van der Waals surface area contributed by atoms with Crippen molar-refractivity contribution in [1.29, 1.82) is 0 Å². The summed E-state index contributed by atoms with van der Waals surface area (Å²) in [5.74, 6) is -0.250. The van der Waals surface area contributed by atoms with Gasteiger partial charge in [-0.25, -0.2) is 0 Å². The van der Waals surface area contributed by atoms with E-state index in [1.165, 1.54) is 0 Å². The molecule has 0 bridgehead atoms. The second-order valence-corrected chi connectivity index (χ2v) is 3.68. The van der Waals surface area contributed by atoms with E-state index in [9.17, 15) is 4.79 Å². The molecule has 5 nitrogen and oxygen atoms in total. The number of rotatable bonds is 5. The van der Waals surface area contributed by atoms with E-state index >= 15 is 0 Å². The van der Waals surface area contributed by atoms with Crippen molar-refractivity contribution in [2.45, 2.75) is 12.5 Å². The SMILES string of the molecule is CN(CCC(N)=O)CC1CNCCO1. The zero-order valence-electron chi connectivity index (χ0n) is 8.66. The fraction of sp³-hybridized carbons (Fsp3) is 0.889. The third-order valence-corrected chi connectivity index (χ3v) is 2.26.